The number of carboxylic acids is 1. The lowest BCUT2D eigenvalue weighted by molar-refractivity contribution is -0.143. The predicted octanol–water partition coefficient (Wildman–Crippen LogP) is 2.13. The van der Waals surface area contributed by atoms with Gasteiger partial charge in [-0.05, 0) is 31.6 Å². The molecular weight excluding hydrogens is 234 g/mol. The number of carbonyl (C=O) groups excluding carboxylic acids is 1. The molecule has 0 bridgehead atoms. The van der Waals surface area contributed by atoms with E-state index in [9.17, 15) is 9.59 Å². The van der Waals surface area contributed by atoms with Gasteiger partial charge in [-0.2, -0.15) is 0 Å². The van der Waals surface area contributed by atoms with Gasteiger partial charge in [-0.3, -0.25) is 4.79 Å². The zero-order valence-electron chi connectivity index (χ0n) is 10.8. The first-order chi connectivity index (χ1) is 8.54. The van der Waals surface area contributed by atoms with Crippen LogP contribution in [0.4, 0.5) is 4.79 Å². The summed E-state index contributed by atoms with van der Waals surface area (Å²) in [6.07, 6.45) is 4.30. The minimum absolute atomic E-state index is 0.209. The Kier molecular flexibility index (Phi) is 5.68. The van der Waals surface area contributed by atoms with Gasteiger partial charge in [0.15, 0.2) is 0 Å². The second kappa shape index (κ2) is 7.03. The van der Waals surface area contributed by atoms with E-state index in [4.69, 9.17) is 9.84 Å². The Labute approximate surface area is 107 Å². The first-order valence-corrected chi connectivity index (χ1v) is 6.26. The van der Waals surface area contributed by atoms with E-state index in [1.54, 1.807) is 11.9 Å². The Bertz CT molecular complexity index is 308. The van der Waals surface area contributed by atoms with Crippen molar-refractivity contribution in [3.05, 3.63) is 12.7 Å². The van der Waals surface area contributed by atoms with E-state index in [-0.39, 0.29) is 18.6 Å². The summed E-state index contributed by atoms with van der Waals surface area (Å²) in [6, 6.07) is 0. The van der Waals surface area contributed by atoms with Crippen molar-refractivity contribution in [3.63, 3.8) is 0 Å². The van der Waals surface area contributed by atoms with Crippen LogP contribution in [0.5, 0.6) is 0 Å². The highest BCUT2D eigenvalue weighted by atomic mass is 16.6. The van der Waals surface area contributed by atoms with Crippen LogP contribution >= 0.6 is 0 Å². The van der Waals surface area contributed by atoms with Crippen molar-refractivity contribution in [2.24, 2.45) is 11.8 Å². The molecule has 1 amide bonds. The number of carbonyl (C=O) groups is 2. The van der Waals surface area contributed by atoms with Crippen molar-refractivity contribution < 1.29 is 19.4 Å². The van der Waals surface area contributed by atoms with E-state index in [1.165, 1.54) is 6.08 Å². The number of carboxylic acid groups (broad SMARTS) is 1. The standard InChI is InChI=1S/C13H21NO4/c1-3-8-18-13(17)14(2)9-10-4-6-11(7-5-10)12(15)16/h3,10-11H,1,4-9H2,2H3,(H,15,16). The molecule has 0 heterocycles. The Morgan fingerprint density at radius 1 is 1.39 bits per heavy atom. The summed E-state index contributed by atoms with van der Waals surface area (Å²) in [6.45, 7) is 4.33. The van der Waals surface area contributed by atoms with Crippen LogP contribution in [-0.4, -0.2) is 42.3 Å². The minimum Gasteiger partial charge on any atom is -0.481 e. The highest BCUT2D eigenvalue weighted by molar-refractivity contribution is 5.70. The molecule has 0 spiro atoms. The summed E-state index contributed by atoms with van der Waals surface area (Å²) < 4.78 is 4.93. The molecule has 1 N–H and O–H groups in total. The fraction of sp³-hybridized carbons (Fsp3) is 0.692. The van der Waals surface area contributed by atoms with E-state index in [0.717, 1.165) is 12.8 Å². The highest BCUT2D eigenvalue weighted by Crippen LogP contribution is 2.29. The van der Waals surface area contributed by atoms with Crippen LogP contribution in [0.15, 0.2) is 12.7 Å². The third-order valence-electron chi connectivity index (χ3n) is 3.36. The zero-order valence-corrected chi connectivity index (χ0v) is 10.8. The molecule has 0 aromatic heterocycles. The molecule has 1 aliphatic carbocycles. The van der Waals surface area contributed by atoms with Crippen LogP contribution in [0.3, 0.4) is 0 Å². The molecule has 5 nitrogen and oxygen atoms in total. The first-order valence-electron chi connectivity index (χ1n) is 6.26. The van der Waals surface area contributed by atoms with Crippen molar-refractivity contribution >= 4 is 12.1 Å². The van der Waals surface area contributed by atoms with Gasteiger partial charge in [0, 0.05) is 13.6 Å². The Morgan fingerprint density at radius 2 is 2.00 bits per heavy atom. The molecule has 1 rings (SSSR count). The maximum Gasteiger partial charge on any atom is 0.409 e. The molecule has 1 aliphatic rings. The topological polar surface area (TPSA) is 66.8 Å². The number of hydrogen-bond donors (Lipinski definition) is 1. The summed E-state index contributed by atoms with van der Waals surface area (Å²) in [7, 11) is 1.70. The van der Waals surface area contributed by atoms with Gasteiger partial charge in [0.2, 0.25) is 0 Å². The molecule has 5 heteroatoms. The lowest BCUT2D eigenvalue weighted by Gasteiger charge is -2.29. The van der Waals surface area contributed by atoms with E-state index >= 15 is 0 Å². The van der Waals surface area contributed by atoms with Crippen molar-refractivity contribution in [1.29, 1.82) is 0 Å². The van der Waals surface area contributed by atoms with Gasteiger partial charge in [-0.15, -0.1) is 0 Å². The van der Waals surface area contributed by atoms with Gasteiger partial charge in [0.25, 0.3) is 0 Å². The molecule has 0 unspecified atom stereocenters. The minimum atomic E-state index is -0.702. The molecule has 0 saturated heterocycles. The predicted molar refractivity (Wildman–Crippen MR) is 67.3 cm³/mol. The molecule has 18 heavy (non-hydrogen) atoms. The SMILES string of the molecule is C=CCOC(=O)N(C)CC1CCC(C(=O)O)CC1. The molecular formula is C13H21NO4. The molecule has 102 valence electrons. The second-order valence-electron chi connectivity index (χ2n) is 4.80. The summed E-state index contributed by atoms with van der Waals surface area (Å²) in [5.74, 6) is -0.534. The van der Waals surface area contributed by atoms with E-state index in [2.05, 4.69) is 6.58 Å². The number of amides is 1. The molecule has 0 aromatic rings. The Morgan fingerprint density at radius 3 is 2.50 bits per heavy atom. The van der Waals surface area contributed by atoms with E-state index in [0.29, 0.717) is 25.3 Å². The highest BCUT2D eigenvalue weighted by Gasteiger charge is 2.27. The van der Waals surface area contributed by atoms with Crippen LogP contribution in [-0.2, 0) is 9.53 Å². The quantitative estimate of drug-likeness (QED) is 0.764. The number of aliphatic carboxylic acids is 1. The fourth-order valence-electron chi connectivity index (χ4n) is 2.29. The fourth-order valence-corrected chi connectivity index (χ4v) is 2.29. The summed E-state index contributed by atoms with van der Waals surface area (Å²) >= 11 is 0. The lowest BCUT2D eigenvalue weighted by atomic mass is 9.82. The maximum atomic E-state index is 11.5. The van der Waals surface area contributed by atoms with Crippen molar-refractivity contribution in [1.82, 2.24) is 4.90 Å². The van der Waals surface area contributed by atoms with Gasteiger partial charge in [0.05, 0.1) is 5.92 Å². The van der Waals surface area contributed by atoms with Crippen LogP contribution in [0.25, 0.3) is 0 Å². The molecule has 0 aromatic carbocycles. The molecule has 1 fully saturated rings. The van der Waals surface area contributed by atoms with Crippen LogP contribution in [0.2, 0.25) is 0 Å². The van der Waals surface area contributed by atoms with Crippen molar-refractivity contribution in [2.45, 2.75) is 25.7 Å². The summed E-state index contributed by atoms with van der Waals surface area (Å²) in [5, 5.41) is 8.90. The average molecular weight is 255 g/mol. The van der Waals surface area contributed by atoms with E-state index < -0.39 is 5.97 Å². The first kappa shape index (κ1) is 14.5. The number of rotatable bonds is 5. The van der Waals surface area contributed by atoms with Gasteiger partial charge < -0.3 is 14.7 Å². The van der Waals surface area contributed by atoms with Crippen LogP contribution < -0.4 is 0 Å². The van der Waals surface area contributed by atoms with Gasteiger partial charge in [0.1, 0.15) is 6.61 Å². The number of ether oxygens (including phenoxy) is 1. The van der Waals surface area contributed by atoms with Gasteiger partial charge in [-0.1, -0.05) is 12.7 Å². The smallest absolute Gasteiger partial charge is 0.409 e. The molecule has 1 saturated carbocycles. The lowest BCUT2D eigenvalue weighted by Crippen LogP contribution is -2.34. The summed E-state index contributed by atoms with van der Waals surface area (Å²) in [4.78, 5) is 23.9. The Hall–Kier alpha value is -1.52. The van der Waals surface area contributed by atoms with Crippen LogP contribution in [0.1, 0.15) is 25.7 Å². The zero-order chi connectivity index (χ0) is 13.5. The largest absolute Gasteiger partial charge is 0.481 e. The van der Waals surface area contributed by atoms with Gasteiger partial charge in [-0.25, -0.2) is 4.79 Å². The third kappa shape index (κ3) is 4.39. The van der Waals surface area contributed by atoms with E-state index in [1.807, 2.05) is 0 Å². The number of nitrogens with zero attached hydrogens (tertiary/aromatic N) is 1. The second-order valence-corrected chi connectivity index (χ2v) is 4.80. The maximum absolute atomic E-state index is 11.5. The summed E-state index contributed by atoms with van der Waals surface area (Å²) in [5.41, 5.74) is 0. The molecule has 0 aliphatic heterocycles. The number of hydrogen-bond acceptors (Lipinski definition) is 3. The van der Waals surface area contributed by atoms with Crippen molar-refractivity contribution in [2.75, 3.05) is 20.2 Å². The third-order valence-corrected chi connectivity index (χ3v) is 3.36. The van der Waals surface area contributed by atoms with Gasteiger partial charge >= 0.3 is 12.1 Å². The Balaban J connectivity index is 2.29. The molecule has 0 radical (unpaired) electrons. The van der Waals surface area contributed by atoms with Crippen LogP contribution in [0, 0.1) is 11.8 Å². The average Bonchev–Trinajstić information content (AvgIpc) is 2.36. The monoisotopic (exact) mass is 255 g/mol. The normalized spacial score (nSPS) is 23.2. The van der Waals surface area contributed by atoms with Crippen molar-refractivity contribution in [3.8, 4) is 0 Å². The molecule has 0 atom stereocenters.